The van der Waals surface area contributed by atoms with E-state index in [1.807, 2.05) is 12.1 Å². The molecule has 5 N–H and O–H groups in total. The van der Waals surface area contributed by atoms with Gasteiger partial charge in [-0.1, -0.05) is 65.0 Å². The van der Waals surface area contributed by atoms with Gasteiger partial charge in [0.25, 0.3) is 0 Å². The number of nitrogens with two attached hydrogens (primary N) is 1. The number of aromatic carboxylic acids is 1. The Morgan fingerprint density at radius 3 is 2.22 bits per heavy atom. The quantitative estimate of drug-likeness (QED) is 0.208. The van der Waals surface area contributed by atoms with Crippen molar-refractivity contribution in [2.45, 2.75) is 105 Å². The highest BCUT2D eigenvalue weighted by Crippen LogP contribution is 2.76. The third-order valence-electron chi connectivity index (χ3n) is 15.5. The second-order valence-corrected chi connectivity index (χ2v) is 17.8. The van der Waals surface area contributed by atoms with E-state index in [-0.39, 0.29) is 58.8 Å². The standard InChI is InChI=1S/C41H59N3O5/c1-25(2)28-14-19-41(43-36(49)44(23-22-42)24-33(45)46)21-20-39(6)30(34(28)41)12-13-32-38(5)17-15-29(26-8-10-27(11-9-26)35(47)48)37(3,4)31(38)16-18-40(32,39)7/h8-11,15,28,30-32,34H,1,12-14,16-24,42H2,2-7H3,(H,43,49)(H,45,46)(H,47,48)/t28-,30+,31-,32+,34+,38-,39+,40+,41-/m0/s1. The number of benzene rings is 1. The number of urea groups is 1. The lowest BCUT2D eigenvalue weighted by atomic mass is 9.33. The van der Waals surface area contributed by atoms with E-state index < -0.39 is 11.9 Å². The van der Waals surface area contributed by atoms with E-state index in [4.69, 9.17) is 5.73 Å². The number of hydrogen-bond acceptors (Lipinski definition) is 4. The van der Waals surface area contributed by atoms with Crippen LogP contribution in [0, 0.1) is 51.2 Å². The fourth-order valence-electron chi connectivity index (χ4n) is 13.1. The molecular weight excluding hydrogens is 614 g/mol. The second kappa shape index (κ2) is 12.3. The Morgan fingerprint density at radius 2 is 1.61 bits per heavy atom. The molecule has 6 rings (SSSR count). The summed E-state index contributed by atoms with van der Waals surface area (Å²) in [6.45, 7) is 19.3. The number of carbonyl (C=O) groups is 3. The Bertz CT molecular complexity index is 1550. The van der Waals surface area contributed by atoms with Gasteiger partial charge in [-0.05, 0) is 139 Å². The van der Waals surface area contributed by atoms with Crippen LogP contribution in [-0.2, 0) is 4.79 Å². The summed E-state index contributed by atoms with van der Waals surface area (Å²) in [4.78, 5) is 38.3. The van der Waals surface area contributed by atoms with Crippen LogP contribution in [0.25, 0.3) is 5.57 Å². The van der Waals surface area contributed by atoms with Gasteiger partial charge >= 0.3 is 18.0 Å². The molecule has 1 aromatic rings. The summed E-state index contributed by atoms with van der Waals surface area (Å²) in [5.74, 6) is 0.178. The molecule has 9 atom stereocenters. The zero-order valence-corrected chi connectivity index (χ0v) is 30.6. The molecular formula is C41H59N3O5. The highest BCUT2D eigenvalue weighted by Gasteiger charge is 2.70. The summed E-state index contributed by atoms with van der Waals surface area (Å²) < 4.78 is 0. The summed E-state index contributed by atoms with van der Waals surface area (Å²) in [7, 11) is 0. The van der Waals surface area contributed by atoms with Gasteiger partial charge in [0.05, 0.1) is 5.56 Å². The summed E-state index contributed by atoms with van der Waals surface area (Å²) in [5, 5.41) is 22.5. The predicted octanol–water partition coefficient (Wildman–Crippen LogP) is 7.84. The van der Waals surface area contributed by atoms with Crippen LogP contribution in [0.3, 0.4) is 0 Å². The summed E-state index contributed by atoms with van der Waals surface area (Å²) in [5.41, 5.74) is 9.74. The van der Waals surface area contributed by atoms with Gasteiger partial charge in [0.2, 0.25) is 0 Å². The number of carboxylic acid groups (broad SMARTS) is 2. The van der Waals surface area contributed by atoms with E-state index in [0.29, 0.717) is 29.2 Å². The van der Waals surface area contributed by atoms with Crippen LogP contribution >= 0.6 is 0 Å². The maximum absolute atomic E-state index is 13.8. The fraction of sp³-hybridized carbons (Fsp3) is 0.683. The van der Waals surface area contributed by atoms with Crippen molar-refractivity contribution in [2.24, 2.45) is 57.0 Å². The third kappa shape index (κ3) is 5.37. The Balaban J connectivity index is 1.32. The monoisotopic (exact) mass is 673 g/mol. The smallest absolute Gasteiger partial charge is 0.335 e. The van der Waals surface area contributed by atoms with Crippen LogP contribution in [0.15, 0.2) is 42.5 Å². The lowest BCUT2D eigenvalue weighted by Crippen LogP contribution is -2.69. The molecule has 0 bridgehead atoms. The SMILES string of the molecule is C=C(C)[C@@H]1CC[C@]2(NC(=O)N(CCN)CC(=O)O)CC[C@]3(C)[C@H](CC[C@@H]4[C@@]5(C)CC=C(c6ccc(C(=O)O)cc6)C(C)(C)[C@@H]5CC[C@]43C)[C@@H]12. The lowest BCUT2D eigenvalue weighted by molar-refractivity contribution is -0.218. The van der Waals surface area contributed by atoms with Gasteiger partial charge in [-0.3, -0.25) is 4.79 Å². The molecule has 8 heteroatoms. The molecule has 5 aliphatic rings. The van der Waals surface area contributed by atoms with E-state index in [9.17, 15) is 24.6 Å². The molecule has 4 fully saturated rings. The van der Waals surface area contributed by atoms with Gasteiger partial charge in [0, 0.05) is 18.6 Å². The van der Waals surface area contributed by atoms with Crippen molar-refractivity contribution in [1.29, 1.82) is 0 Å². The number of hydrogen-bond donors (Lipinski definition) is 4. The zero-order chi connectivity index (χ0) is 35.7. The third-order valence-corrected chi connectivity index (χ3v) is 15.5. The van der Waals surface area contributed by atoms with E-state index in [1.165, 1.54) is 22.5 Å². The molecule has 5 aliphatic carbocycles. The Labute approximate surface area is 293 Å². The Morgan fingerprint density at radius 1 is 0.918 bits per heavy atom. The first-order valence-corrected chi connectivity index (χ1v) is 18.6. The van der Waals surface area contributed by atoms with Gasteiger partial charge in [-0.25, -0.2) is 9.59 Å². The van der Waals surface area contributed by atoms with Crippen LogP contribution in [0.2, 0.25) is 0 Å². The van der Waals surface area contributed by atoms with Crippen molar-refractivity contribution in [3.63, 3.8) is 0 Å². The molecule has 0 aliphatic heterocycles. The number of fused-ring (bicyclic) bond motifs is 7. The Kier molecular flexibility index (Phi) is 8.94. The maximum atomic E-state index is 13.8. The largest absolute Gasteiger partial charge is 0.480 e. The summed E-state index contributed by atoms with van der Waals surface area (Å²) >= 11 is 0. The lowest BCUT2D eigenvalue weighted by Gasteiger charge is -2.72. The Hall–Kier alpha value is -3.13. The van der Waals surface area contributed by atoms with Gasteiger partial charge in [0.1, 0.15) is 6.54 Å². The number of aliphatic carboxylic acids is 1. The normalized spacial score (nSPS) is 38.9. The van der Waals surface area contributed by atoms with Crippen LogP contribution in [0.1, 0.15) is 115 Å². The number of nitrogens with one attached hydrogen (secondary N) is 1. The number of rotatable bonds is 8. The molecule has 0 unspecified atom stereocenters. The molecule has 4 saturated carbocycles. The van der Waals surface area contributed by atoms with Crippen molar-refractivity contribution in [1.82, 2.24) is 10.2 Å². The van der Waals surface area contributed by atoms with Gasteiger partial charge in [0.15, 0.2) is 0 Å². The molecule has 0 saturated heterocycles. The minimum absolute atomic E-state index is 0.0509. The van der Waals surface area contributed by atoms with Gasteiger partial charge in [-0.2, -0.15) is 0 Å². The minimum atomic E-state index is -1.03. The average Bonchev–Trinajstić information content (AvgIpc) is 3.40. The zero-order valence-electron chi connectivity index (χ0n) is 30.6. The van der Waals surface area contributed by atoms with Crippen molar-refractivity contribution in [2.75, 3.05) is 19.6 Å². The number of amides is 2. The van der Waals surface area contributed by atoms with Crippen LogP contribution in [-0.4, -0.2) is 58.3 Å². The minimum Gasteiger partial charge on any atom is -0.480 e. The van der Waals surface area contributed by atoms with E-state index in [2.05, 4.69) is 59.5 Å². The number of allylic oxidation sites excluding steroid dienone is 3. The molecule has 1 aromatic carbocycles. The number of nitrogens with zero attached hydrogens (tertiary/aromatic N) is 1. The second-order valence-electron chi connectivity index (χ2n) is 17.8. The van der Waals surface area contributed by atoms with Crippen molar-refractivity contribution >= 4 is 23.5 Å². The van der Waals surface area contributed by atoms with E-state index >= 15 is 0 Å². The predicted molar refractivity (Wildman–Crippen MR) is 193 cm³/mol. The first-order valence-electron chi connectivity index (χ1n) is 18.6. The number of carboxylic acids is 2. The van der Waals surface area contributed by atoms with Crippen LogP contribution in [0.5, 0.6) is 0 Å². The van der Waals surface area contributed by atoms with Crippen LogP contribution < -0.4 is 11.1 Å². The van der Waals surface area contributed by atoms with E-state index in [0.717, 1.165) is 56.9 Å². The highest BCUT2D eigenvalue weighted by molar-refractivity contribution is 5.88. The van der Waals surface area contributed by atoms with Crippen molar-refractivity contribution in [3.8, 4) is 0 Å². The van der Waals surface area contributed by atoms with E-state index in [1.54, 1.807) is 12.1 Å². The van der Waals surface area contributed by atoms with Crippen molar-refractivity contribution < 1.29 is 24.6 Å². The molecule has 0 radical (unpaired) electrons. The van der Waals surface area contributed by atoms with Gasteiger partial charge < -0.3 is 26.2 Å². The summed E-state index contributed by atoms with van der Waals surface area (Å²) in [6.07, 6.45) is 12.0. The topological polar surface area (TPSA) is 133 Å². The summed E-state index contributed by atoms with van der Waals surface area (Å²) in [6, 6.07) is 7.14. The van der Waals surface area contributed by atoms with Gasteiger partial charge in [-0.15, -0.1) is 0 Å². The number of carbonyl (C=O) groups excluding carboxylic acids is 1. The molecule has 2 amide bonds. The molecule has 8 nitrogen and oxygen atoms in total. The maximum Gasteiger partial charge on any atom is 0.335 e. The fourth-order valence-corrected chi connectivity index (χ4v) is 13.1. The molecule has 0 heterocycles. The first kappa shape index (κ1) is 35.7. The highest BCUT2D eigenvalue weighted by atomic mass is 16.4. The molecule has 268 valence electrons. The van der Waals surface area contributed by atoms with Crippen molar-refractivity contribution in [3.05, 3.63) is 53.6 Å². The molecule has 0 spiro atoms. The average molecular weight is 674 g/mol. The molecule has 49 heavy (non-hydrogen) atoms. The van der Waals surface area contributed by atoms with Crippen LogP contribution in [0.4, 0.5) is 4.79 Å². The molecule has 0 aromatic heterocycles. The first-order chi connectivity index (χ1) is 22.9.